The van der Waals surface area contributed by atoms with E-state index in [1.807, 2.05) is 24.3 Å². The molecule has 0 bridgehead atoms. The Hall–Kier alpha value is -3.08. The van der Waals surface area contributed by atoms with E-state index in [1.54, 1.807) is 30.7 Å². The molecule has 0 aliphatic heterocycles. The van der Waals surface area contributed by atoms with Gasteiger partial charge >= 0.3 is 0 Å². The van der Waals surface area contributed by atoms with Crippen LogP contribution in [0.2, 0.25) is 0 Å². The number of halogens is 1. The van der Waals surface area contributed by atoms with Crippen LogP contribution in [-0.2, 0) is 17.8 Å². The Kier molecular flexibility index (Phi) is 4.91. The van der Waals surface area contributed by atoms with Gasteiger partial charge in [-0.05, 0) is 47.5 Å². The maximum atomic E-state index is 12.9. The van der Waals surface area contributed by atoms with E-state index in [9.17, 15) is 9.18 Å². The van der Waals surface area contributed by atoms with E-state index in [0.717, 1.165) is 22.4 Å². The minimum atomic E-state index is -0.307. The predicted molar refractivity (Wildman–Crippen MR) is 89.4 cm³/mol. The lowest BCUT2D eigenvalue weighted by Crippen LogP contribution is -2.24. The van der Waals surface area contributed by atoms with Gasteiger partial charge in [0.2, 0.25) is 5.91 Å². The molecule has 5 heteroatoms. The normalized spacial score (nSPS) is 10.4. The number of carbonyl (C=O) groups is 1. The van der Waals surface area contributed by atoms with E-state index in [4.69, 9.17) is 0 Å². The van der Waals surface area contributed by atoms with Crippen LogP contribution in [0.1, 0.15) is 11.1 Å². The Morgan fingerprint density at radius 3 is 2.62 bits per heavy atom. The molecule has 4 nitrogen and oxygen atoms in total. The fourth-order valence-electron chi connectivity index (χ4n) is 2.31. The number of nitrogens with one attached hydrogen (secondary N) is 1. The first kappa shape index (κ1) is 15.8. The Labute approximate surface area is 139 Å². The summed E-state index contributed by atoms with van der Waals surface area (Å²) in [6.07, 6.45) is 5.40. The summed E-state index contributed by atoms with van der Waals surface area (Å²) in [6.45, 7) is 0.413. The second kappa shape index (κ2) is 7.46. The van der Waals surface area contributed by atoms with Gasteiger partial charge in [-0.3, -0.25) is 14.8 Å². The Bertz CT molecular complexity index is 820. The number of pyridine rings is 2. The van der Waals surface area contributed by atoms with Crippen molar-refractivity contribution in [1.29, 1.82) is 0 Å². The molecule has 0 fully saturated rings. The maximum absolute atomic E-state index is 12.9. The fourth-order valence-corrected chi connectivity index (χ4v) is 2.31. The molecule has 0 radical (unpaired) electrons. The summed E-state index contributed by atoms with van der Waals surface area (Å²) in [4.78, 5) is 20.4. The van der Waals surface area contributed by atoms with Crippen LogP contribution in [0.4, 0.5) is 4.39 Å². The molecule has 0 saturated heterocycles. The zero-order valence-electron chi connectivity index (χ0n) is 12.9. The Balaban J connectivity index is 1.60. The minimum Gasteiger partial charge on any atom is -0.352 e. The monoisotopic (exact) mass is 321 g/mol. The largest absolute Gasteiger partial charge is 0.352 e. The van der Waals surface area contributed by atoms with Gasteiger partial charge in [-0.25, -0.2) is 4.39 Å². The molecule has 3 aromatic rings. The first-order chi connectivity index (χ1) is 11.7. The van der Waals surface area contributed by atoms with Crippen molar-refractivity contribution in [3.8, 4) is 11.3 Å². The van der Waals surface area contributed by atoms with E-state index in [2.05, 4.69) is 15.3 Å². The second-order valence-corrected chi connectivity index (χ2v) is 5.37. The number of nitrogens with zero attached hydrogens (tertiary/aromatic N) is 2. The molecule has 2 heterocycles. The molecule has 120 valence electrons. The molecule has 0 saturated carbocycles. The van der Waals surface area contributed by atoms with Crippen LogP contribution in [0.3, 0.4) is 0 Å². The lowest BCUT2D eigenvalue weighted by atomic mass is 10.1. The van der Waals surface area contributed by atoms with E-state index >= 15 is 0 Å². The van der Waals surface area contributed by atoms with Crippen LogP contribution >= 0.6 is 0 Å². The molecule has 1 aromatic carbocycles. The smallest absolute Gasteiger partial charge is 0.224 e. The van der Waals surface area contributed by atoms with E-state index in [-0.39, 0.29) is 18.1 Å². The number of aromatic nitrogens is 2. The average Bonchev–Trinajstić information content (AvgIpc) is 2.63. The van der Waals surface area contributed by atoms with Crippen molar-refractivity contribution in [2.24, 2.45) is 0 Å². The summed E-state index contributed by atoms with van der Waals surface area (Å²) in [6, 6.07) is 13.5. The number of hydrogen-bond acceptors (Lipinski definition) is 3. The van der Waals surface area contributed by atoms with Crippen molar-refractivity contribution >= 4 is 5.91 Å². The third kappa shape index (κ3) is 4.23. The van der Waals surface area contributed by atoms with Crippen LogP contribution in [-0.4, -0.2) is 15.9 Å². The molecular weight excluding hydrogens is 305 g/mol. The highest BCUT2D eigenvalue weighted by Crippen LogP contribution is 2.16. The third-order valence-electron chi connectivity index (χ3n) is 3.55. The van der Waals surface area contributed by atoms with Gasteiger partial charge < -0.3 is 5.32 Å². The predicted octanol–water partition coefficient (Wildman–Crippen LogP) is 3.14. The molecule has 0 unspecified atom stereocenters. The van der Waals surface area contributed by atoms with Gasteiger partial charge in [0.05, 0.1) is 12.1 Å². The summed E-state index contributed by atoms with van der Waals surface area (Å²) in [5.74, 6) is -0.416. The van der Waals surface area contributed by atoms with Crippen LogP contribution in [0.25, 0.3) is 11.3 Å². The van der Waals surface area contributed by atoms with Crippen LogP contribution in [0.5, 0.6) is 0 Å². The molecule has 1 N–H and O–H groups in total. The van der Waals surface area contributed by atoms with Gasteiger partial charge in [-0.2, -0.15) is 0 Å². The summed E-state index contributed by atoms with van der Waals surface area (Å²) in [7, 11) is 0. The summed E-state index contributed by atoms with van der Waals surface area (Å²) >= 11 is 0. The number of carbonyl (C=O) groups excluding carboxylic acids is 1. The Morgan fingerprint density at radius 2 is 1.88 bits per heavy atom. The van der Waals surface area contributed by atoms with Crippen molar-refractivity contribution in [3.63, 3.8) is 0 Å². The molecule has 0 aliphatic rings. The molecule has 0 aliphatic carbocycles. The van der Waals surface area contributed by atoms with Crippen molar-refractivity contribution in [3.05, 3.63) is 84.1 Å². The van der Waals surface area contributed by atoms with Gasteiger partial charge in [-0.1, -0.05) is 12.1 Å². The number of rotatable bonds is 5. The zero-order valence-corrected chi connectivity index (χ0v) is 12.9. The number of hydrogen-bond donors (Lipinski definition) is 1. The number of benzene rings is 1. The standard InChI is InChI=1S/C19H16FN3O/c20-17-5-3-14(4-6-17)11-19(24)23-12-15-7-9-22-18(10-15)16-2-1-8-21-13-16/h1-10,13H,11-12H2,(H,23,24). The van der Waals surface area contributed by atoms with Gasteiger partial charge in [0.25, 0.3) is 0 Å². The molecule has 0 atom stereocenters. The van der Waals surface area contributed by atoms with Gasteiger partial charge in [0.15, 0.2) is 0 Å². The molecular formula is C19H16FN3O. The summed E-state index contributed by atoms with van der Waals surface area (Å²) < 4.78 is 12.9. The van der Waals surface area contributed by atoms with Crippen molar-refractivity contribution in [2.75, 3.05) is 0 Å². The molecule has 3 rings (SSSR count). The van der Waals surface area contributed by atoms with E-state index < -0.39 is 0 Å². The summed E-state index contributed by atoms with van der Waals surface area (Å²) in [5, 5.41) is 2.86. The third-order valence-corrected chi connectivity index (χ3v) is 3.55. The minimum absolute atomic E-state index is 0.110. The topological polar surface area (TPSA) is 54.9 Å². The van der Waals surface area contributed by atoms with Crippen LogP contribution < -0.4 is 5.32 Å². The lowest BCUT2D eigenvalue weighted by molar-refractivity contribution is -0.120. The zero-order chi connectivity index (χ0) is 16.8. The van der Waals surface area contributed by atoms with Crippen molar-refractivity contribution < 1.29 is 9.18 Å². The molecule has 1 amide bonds. The molecule has 2 aromatic heterocycles. The molecule has 0 spiro atoms. The second-order valence-electron chi connectivity index (χ2n) is 5.37. The van der Waals surface area contributed by atoms with Crippen LogP contribution in [0.15, 0.2) is 67.1 Å². The van der Waals surface area contributed by atoms with Crippen molar-refractivity contribution in [2.45, 2.75) is 13.0 Å². The van der Waals surface area contributed by atoms with Gasteiger partial charge in [-0.15, -0.1) is 0 Å². The van der Waals surface area contributed by atoms with E-state index in [1.165, 1.54) is 12.1 Å². The highest BCUT2D eigenvalue weighted by Gasteiger charge is 2.05. The van der Waals surface area contributed by atoms with E-state index in [0.29, 0.717) is 6.54 Å². The SMILES string of the molecule is O=C(Cc1ccc(F)cc1)NCc1ccnc(-c2cccnc2)c1. The highest BCUT2D eigenvalue weighted by atomic mass is 19.1. The first-order valence-electron chi connectivity index (χ1n) is 7.57. The van der Waals surface area contributed by atoms with Gasteiger partial charge in [0.1, 0.15) is 5.82 Å². The summed E-state index contributed by atoms with van der Waals surface area (Å²) in [5.41, 5.74) is 3.47. The average molecular weight is 321 g/mol. The van der Waals surface area contributed by atoms with Crippen LogP contribution in [0, 0.1) is 5.82 Å². The highest BCUT2D eigenvalue weighted by molar-refractivity contribution is 5.78. The Morgan fingerprint density at radius 1 is 1.04 bits per heavy atom. The first-order valence-corrected chi connectivity index (χ1v) is 7.57. The van der Waals surface area contributed by atoms with Crippen molar-refractivity contribution in [1.82, 2.24) is 15.3 Å². The quantitative estimate of drug-likeness (QED) is 0.785. The van der Waals surface area contributed by atoms with Gasteiger partial charge in [0, 0.05) is 30.7 Å². The fraction of sp³-hybridized carbons (Fsp3) is 0.105. The maximum Gasteiger partial charge on any atom is 0.224 e. The molecule has 24 heavy (non-hydrogen) atoms. The number of amides is 1. The lowest BCUT2D eigenvalue weighted by Gasteiger charge is -2.07.